The van der Waals surface area contributed by atoms with Crippen LogP contribution in [0, 0.1) is 0 Å². The van der Waals surface area contributed by atoms with Gasteiger partial charge < -0.3 is 0 Å². The summed E-state index contributed by atoms with van der Waals surface area (Å²) in [7, 11) is 0. The largest absolute Gasteiger partial charge is 0.299 e. The zero-order chi connectivity index (χ0) is 14.5. The molecule has 1 aromatic heterocycles. The van der Waals surface area contributed by atoms with Crippen LogP contribution in [0.3, 0.4) is 0 Å². The van der Waals surface area contributed by atoms with E-state index in [4.69, 9.17) is 0 Å². The molecule has 1 aliphatic carbocycles. The van der Waals surface area contributed by atoms with Crippen LogP contribution in [0.4, 0.5) is 0 Å². The Balaban J connectivity index is 1.86. The van der Waals surface area contributed by atoms with E-state index in [-0.39, 0.29) is 11.6 Å². The Bertz CT molecular complexity index is 544. The Morgan fingerprint density at radius 1 is 0.952 bits per heavy atom. The van der Waals surface area contributed by atoms with E-state index in [2.05, 4.69) is 59.7 Å². The van der Waals surface area contributed by atoms with E-state index in [0.29, 0.717) is 0 Å². The van der Waals surface area contributed by atoms with E-state index in [1.165, 1.54) is 37.7 Å². The fourth-order valence-electron chi connectivity index (χ4n) is 3.55. The van der Waals surface area contributed by atoms with Crippen molar-refractivity contribution >= 4 is 0 Å². The van der Waals surface area contributed by atoms with Crippen molar-refractivity contribution in [1.29, 1.82) is 0 Å². The van der Waals surface area contributed by atoms with Gasteiger partial charge in [-0.1, -0.05) is 55.7 Å². The van der Waals surface area contributed by atoms with Gasteiger partial charge >= 0.3 is 0 Å². The molecule has 0 amide bonds. The zero-order valence-corrected chi connectivity index (χ0v) is 12.8. The number of nitrogens with one attached hydrogen (secondary N) is 1. The third-order valence-electron chi connectivity index (χ3n) is 4.66. The average Bonchev–Trinajstić information content (AvgIpc) is 2.57. The Morgan fingerprint density at radius 2 is 1.67 bits per heavy atom. The molecule has 0 bridgehead atoms. The Labute approximate surface area is 127 Å². The molecule has 21 heavy (non-hydrogen) atoms. The molecule has 1 aromatic carbocycles. The van der Waals surface area contributed by atoms with Crippen molar-refractivity contribution < 1.29 is 0 Å². The lowest BCUT2D eigenvalue weighted by molar-refractivity contribution is 0.211. The summed E-state index contributed by atoms with van der Waals surface area (Å²) in [4.78, 5) is 4.51. The van der Waals surface area contributed by atoms with E-state index in [0.717, 1.165) is 5.69 Å². The zero-order valence-electron chi connectivity index (χ0n) is 12.8. The molecule has 1 saturated carbocycles. The second-order valence-electron chi connectivity index (χ2n) is 6.13. The summed E-state index contributed by atoms with van der Waals surface area (Å²) in [6.45, 7) is 2.22. The second kappa shape index (κ2) is 6.40. The molecule has 1 atom stereocenters. The summed E-state index contributed by atoms with van der Waals surface area (Å²) < 4.78 is 0. The minimum atomic E-state index is 0.108. The predicted molar refractivity (Wildman–Crippen MR) is 87.0 cm³/mol. The molecule has 3 rings (SSSR count). The van der Waals surface area contributed by atoms with Crippen LogP contribution in [-0.4, -0.2) is 4.98 Å². The lowest BCUT2D eigenvalue weighted by Crippen LogP contribution is -2.45. The van der Waals surface area contributed by atoms with Crippen LogP contribution in [-0.2, 0) is 5.54 Å². The molecule has 0 radical (unpaired) electrons. The quantitative estimate of drug-likeness (QED) is 0.886. The number of hydrogen-bond donors (Lipinski definition) is 1. The van der Waals surface area contributed by atoms with Crippen LogP contribution in [0.2, 0.25) is 0 Å². The molecule has 1 aliphatic rings. The van der Waals surface area contributed by atoms with Gasteiger partial charge in [-0.2, -0.15) is 0 Å². The van der Waals surface area contributed by atoms with E-state index >= 15 is 0 Å². The minimum Gasteiger partial charge on any atom is -0.299 e. The van der Waals surface area contributed by atoms with Crippen molar-refractivity contribution in [2.45, 2.75) is 50.6 Å². The van der Waals surface area contributed by atoms with Crippen LogP contribution in [0.15, 0.2) is 54.7 Å². The molecule has 110 valence electrons. The molecule has 0 saturated heterocycles. The van der Waals surface area contributed by atoms with Crippen LogP contribution in [0.1, 0.15) is 56.3 Å². The summed E-state index contributed by atoms with van der Waals surface area (Å²) in [5, 5.41) is 3.90. The topological polar surface area (TPSA) is 24.9 Å². The van der Waals surface area contributed by atoms with Crippen LogP contribution < -0.4 is 5.32 Å². The van der Waals surface area contributed by atoms with Crippen LogP contribution >= 0.6 is 0 Å². The predicted octanol–water partition coefficient (Wildman–Crippen LogP) is 4.59. The maximum atomic E-state index is 4.51. The normalized spacial score (nSPS) is 19.1. The molecule has 1 heterocycles. The van der Waals surface area contributed by atoms with Crippen molar-refractivity contribution in [2.24, 2.45) is 0 Å². The van der Waals surface area contributed by atoms with E-state index in [1.54, 1.807) is 0 Å². The van der Waals surface area contributed by atoms with Gasteiger partial charge in [-0.25, -0.2) is 0 Å². The highest BCUT2D eigenvalue weighted by molar-refractivity contribution is 5.26. The SMILES string of the molecule is CC(NC1(c2ccccc2)CCCCC1)c1ccccn1. The fraction of sp³-hybridized carbons (Fsp3) is 0.421. The Kier molecular flexibility index (Phi) is 4.35. The first-order valence-electron chi connectivity index (χ1n) is 8.04. The van der Waals surface area contributed by atoms with Crippen molar-refractivity contribution in [1.82, 2.24) is 10.3 Å². The van der Waals surface area contributed by atoms with E-state index in [9.17, 15) is 0 Å². The number of pyridine rings is 1. The van der Waals surface area contributed by atoms with E-state index in [1.807, 2.05) is 12.3 Å². The van der Waals surface area contributed by atoms with Gasteiger partial charge in [0.15, 0.2) is 0 Å². The van der Waals surface area contributed by atoms with Crippen molar-refractivity contribution in [3.8, 4) is 0 Å². The molecule has 2 aromatic rings. The van der Waals surface area contributed by atoms with Crippen LogP contribution in [0.5, 0.6) is 0 Å². The third kappa shape index (κ3) is 3.16. The second-order valence-corrected chi connectivity index (χ2v) is 6.13. The molecule has 1 N–H and O–H groups in total. The van der Waals surface area contributed by atoms with Crippen LogP contribution in [0.25, 0.3) is 0 Å². The lowest BCUT2D eigenvalue weighted by Gasteiger charge is -2.41. The minimum absolute atomic E-state index is 0.108. The standard InChI is InChI=1S/C19H24N2/c1-16(18-12-6-9-15-20-18)21-19(13-7-3-8-14-19)17-10-4-2-5-11-17/h2,4-6,9-12,15-16,21H,3,7-8,13-14H2,1H3. The van der Waals surface area contributed by atoms with Gasteiger partial charge in [-0.3, -0.25) is 10.3 Å². The van der Waals surface area contributed by atoms with Crippen molar-refractivity contribution in [2.75, 3.05) is 0 Å². The third-order valence-corrected chi connectivity index (χ3v) is 4.66. The average molecular weight is 280 g/mol. The molecule has 0 aliphatic heterocycles. The van der Waals surface area contributed by atoms with Crippen molar-refractivity contribution in [3.05, 3.63) is 66.0 Å². The van der Waals surface area contributed by atoms with Gasteiger partial charge in [0.1, 0.15) is 0 Å². The molecule has 1 fully saturated rings. The number of rotatable bonds is 4. The first-order chi connectivity index (χ1) is 10.3. The summed E-state index contributed by atoms with van der Waals surface area (Å²) in [6.07, 6.45) is 8.27. The number of benzene rings is 1. The van der Waals surface area contributed by atoms with Gasteiger partial charge in [-0.05, 0) is 37.5 Å². The smallest absolute Gasteiger partial charge is 0.0570 e. The lowest BCUT2D eigenvalue weighted by atomic mass is 9.76. The van der Waals surface area contributed by atoms with Gasteiger partial charge in [0.05, 0.1) is 5.69 Å². The Hall–Kier alpha value is -1.67. The first kappa shape index (κ1) is 14.3. The molecular formula is C19H24N2. The van der Waals surface area contributed by atoms with Gasteiger partial charge in [0, 0.05) is 17.8 Å². The van der Waals surface area contributed by atoms with E-state index < -0.39 is 0 Å². The van der Waals surface area contributed by atoms with Gasteiger partial charge in [-0.15, -0.1) is 0 Å². The molecule has 2 nitrogen and oxygen atoms in total. The maximum absolute atomic E-state index is 4.51. The number of aromatic nitrogens is 1. The summed E-state index contributed by atoms with van der Waals surface area (Å²) in [5.41, 5.74) is 2.65. The maximum Gasteiger partial charge on any atom is 0.0570 e. The summed E-state index contributed by atoms with van der Waals surface area (Å²) in [5.74, 6) is 0. The van der Waals surface area contributed by atoms with Crippen molar-refractivity contribution in [3.63, 3.8) is 0 Å². The molecule has 2 heteroatoms. The fourth-order valence-corrected chi connectivity index (χ4v) is 3.55. The summed E-state index contributed by atoms with van der Waals surface area (Å²) >= 11 is 0. The highest BCUT2D eigenvalue weighted by atomic mass is 15.0. The number of nitrogens with zero attached hydrogens (tertiary/aromatic N) is 1. The van der Waals surface area contributed by atoms with Gasteiger partial charge in [0.2, 0.25) is 0 Å². The molecule has 0 spiro atoms. The molecule has 1 unspecified atom stereocenters. The highest BCUT2D eigenvalue weighted by Gasteiger charge is 2.34. The monoisotopic (exact) mass is 280 g/mol. The Morgan fingerprint density at radius 3 is 2.33 bits per heavy atom. The highest BCUT2D eigenvalue weighted by Crippen LogP contribution is 2.38. The first-order valence-corrected chi connectivity index (χ1v) is 8.04. The number of hydrogen-bond acceptors (Lipinski definition) is 2. The molecular weight excluding hydrogens is 256 g/mol. The van der Waals surface area contributed by atoms with Gasteiger partial charge in [0.25, 0.3) is 0 Å². The summed E-state index contributed by atoms with van der Waals surface area (Å²) in [6, 6.07) is 17.4.